The highest BCUT2D eigenvalue weighted by molar-refractivity contribution is 6.41. The first-order valence-corrected chi connectivity index (χ1v) is 12.8. The van der Waals surface area contributed by atoms with Gasteiger partial charge in [0.1, 0.15) is 0 Å². The molecule has 1 aliphatic carbocycles. The summed E-state index contributed by atoms with van der Waals surface area (Å²) in [6.45, 7) is 6.46. The Morgan fingerprint density at radius 2 is 1.16 bits per heavy atom. The van der Waals surface area contributed by atoms with Crippen molar-refractivity contribution >= 4 is 45.5 Å². The standard InChI is InChI=1S/C35H27NO2/c1-22-17-23(2)33(24(3)18-22)36(28-9-5-4-6-10-28)29-16-15-26-19-25(13-14-27(26)21-29)20-32-34(37)30-11-7-8-12-31(30)35(32)38/h4-21H,1-3H3. The molecule has 0 aliphatic heterocycles. The van der Waals surface area contributed by atoms with Crippen molar-refractivity contribution in [1.29, 1.82) is 0 Å². The molecule has 0 amide bonds. The van der Waals surface area contributed by atoms with Gasteiger partial charge >= 0.3 is 0 Å². The SMILES string of the molecule is Cc1cc(C)c(N(c2ccccc2)c2ccc3cc(C=C4C(=O)c5ccccc5C4=O)ccc3c2)c(C)c1. The number of ketones is 2. The molecule has 0 saturated carbocycles. The summed E-state index contributed by atoms with van der Waals surface area (Å²) in [6.07, 6.45) is 1.72. The number of benzene rings is 5. The number of Topliss-reactive ketones (excluding diaryl/α,β-unsaturated/α-hetero) is 2. The summed E-state index contributed by atoms with van der Waals surface area (Å²) < 4.78 is 0. The zero-order valence-corrected chi connectivity index (χ0v) is 21.7. The van der Waals surface area contributed by atoms with E-state index in [9.17, 15) is 9.59 Å². The molecule has 38 heavy (non-hydrogen) atoms. The molecule has 3 nitrogen and oxygen atoms in total. The van der Waals surface area contributed by atoms with E-state index in [0.29, 0.717) is 11.1 Å². The molecule has 3 heteroatoms. The number of anilines is 3. The number of para-hydroxylation sites is 1. The first kappa shape index (κ1) is 23.6. The van der Waals surface area contributed by atoms with E-state index in [1.165, 1.54) is 22.4 Å². The molecular formula is C35H27NO2. The highest BCUT2D eigenvalue weighted by Gasteiger charge is 2.32. The highest BCUT2D eigenvalue weighted by Crippen LogP contribution is 2.40. The van der Waals surface area contributed by atoms with Crippen molar-refractivity contribution in [2.45, 2.75) is 20.8 Å². The number of rotatable bonds is 4. The van der Waals surface area contributed by atoms with Crippen LogP contribution in [0.2, 0.25) is 0 Å². The molecule has 5 aromatic rings. The van der Waals surface area contributed by atoms with Gasteiger partial charge in [0, 0.05) is 22.5 Å². The molecule has 1 aliphatic rings. The summed E-state index contributed by atoms with van der Waals surface area (Å²) in [7, 11) is 0. The number of nitrogens with zero attached hydrogens (tertiary/aromatic N) is 1. The molecule has 0 unspecified atom stereocenters. The summed E-state index contributed by atoms with van der Waals surface area (Å²) >= 11 is 0. The van der Waals surface area contributed by atoms with Gasteiger partial charge in [-0.1, -0.05) is 78.4 Å². The van der Waals surface area contributed by atoms with Crippen LogP contribution in [0.5, 0.6) is 0 Å². The van der Waals surface area contributed by atoms with Gasteiger partial charge in [0.2, 0.25) is 0 Å². The number of carbonyl (C=O) groups is 2. The average molecular weight is 494 g/mol. The fourth-order valence-corrected chi connectivity index (χ4v) is 5.56. The number of carbonyl (C=O) groups excluding carboxylic acids is 2. The zero-order valence-electron chi connectivity index (χ0n) is 21.7. The Morgan fingerprint density at radius 3 is 1.82 bits per heavy atom. The summed E-state index contributed by atoms with van der Waals surface area (Å²) in [6, 6.07) is 34.4. The van der Waals surface area contributed by atoms with Gasteiger partial charge in [0.25, 0.3) is 0 Å². The third-order valence-electron chi connectivity index (χ3n) is 7.20. The molecule has 0 heterocycles. The van der Waals surface area contributed by atoms with Crippen molar-refractivity contribution < 1.29 is 9.59 Å². The number of allylic oxidation sites excluding steroid dienone is 1. The maximum atomic E-state index is 12.8. The second-order valence-electron chi connectivity index (χ2n) is 9.97. The molecule has 0 radical (unpaired) electrons. The van der Waals surface area contributed by atoms with Gasteiger partial charge in [-0.3, -0.25) is 9.59 Å². The normalized spacial score (nSPS) is 12.7. The minimum Gasteiger partial charge on any atom is -0.310 e. The first-order chi connectivity index (χ1) is 18.4. The van der Waals surface area contributed by atoms with Crippen molar-refractivity contribution in [3.8, 4) is 0 Å². The molecule has 184 valence electrons. The molecule has 0 saturated heterocycles. The molecule has 0 fully saturated rings. The lowest BCUT2D eigenvalue weighted by Gasteiger charge is -2.29. The van der Waals surface area contributed by atoms with Crippen LogP contribution in [0.1, 0.15) is 43.0 Å². The maximum absolute atomic E-state index is 12.8. The van der Waals surface area contributed by atoms with Gasteiger partial charge in [-0.15, -0.1) is 0 Å². The van der Waals surface area contributed by atoms with E-state index in [1.54, 1.807) is 30.3 Å². The third-order valence-corrected chi connectivity index (χ3v) is 7.20. The largest absolute Gasteiger partial charge is 0.310 e. The van der Waals surface area contributed by atoms with Crippen molar-refractivity contribution in [1.82, 2.24) is 0 Å². The van der Waals surface area contributed by atoms with E-state index in [4.69, 9.17) is 0 Å². The van der Waals surface area contributed by atoms with Crippen LogP contribution in [0, 0.1) is 20.8 Å². The summed E-state index contributed by atoms with van der Waals surface area (Å²) in [5.41, 5.74) is 9.07. The van der Waals surface area contributed by atoms with E-state index in [2.05, 4.69) is 86.3 Å². The van der Waals surface area contributed by atoms with Gasteiger partial charge < -0.3 is 4.90 Å². The van der Waals surface area contributed by atoms with Crippen LogP contribution in [0.3, 0.4) is 0 Å². The van der Waals surface area contributed by atoms with Crippen LogP contribution in [0.25, 0.3) is 16.8 Å². The van der Waals surface area contributed by atoms with Crippen LogP contribution in [0.4, 0.5) is 17.1 Å². The molecule has 0 aromatic heterocycles. The Morgan fingerprint density at radius 1 is 0.579 bits per heavy atom. The van der Waals surface area contributed by atoms with E-state index in [-0.39, 0.29) is 17.1 Å². The van der Waals surface area contributed by atoms with Gasteiger partial charge in [0.05, 0.1) is 11.3 Å². The van der Waals surface area contributed by atoms with Gasteiger partial charge in [0.15, 0.2) is 11.6 Å². The lowest BCUT2D eigenvalue weighted by atomic mass is 10.0. The zero-order chi connectivity index (χ0) is 26.4. The Hall–Kier alpha value is -4.76. The minimum atomic E-state index is -0.205. The molecule has 6 rings (SSSR count). The monoisotopic (exact) mass is 493 g/mol. The summed E-state index contributed by atoms with van der Waals surface area (Å²) in [5, 5.41) is 2.13. The van der Waals surface area contributed by atoms with E-state index < -0.39 is 0 Å². The third kappa shape index (κ3) is 4.03. The van der Waals surface area contributed by atoms with Crippen molar-refractivity contribution in [3.63, 3.8) is 0 Å². The fourth-order valence-electron chi connectivity index (χ4n) is 5.56. The number of hydrogen-bond donors (Lipinski definition) is 0. The van der Waals surface area contributed by atoms with Crippen LogP contribution < -0.4 is 4.90 Å². The molecule has 0 N–H and O–H groups in total. The van der Waals surface area contributed by atoms with E-state index >= 15 is 0 Å². The van der Waals surface area contributed by atoms with Crippen LogP contribution in [-0.4, -0.2) is 11.6 Å². The van der Waals surface area contributed by atoms with Crippen LogP contribution >= 0.6 is 0 Å². The van der Waals surface area contributed by atoms with Gasteiger partial charge in [-0.2, -0.15) is 0 Å². The number of fused-ring (bicyclic) bond motifs is 2. The predicted octanol–water partition coefficient (Wildman–Crippen LogP) is 8.70. The van der Waals surface area contributed by atoms with Crippen LogP contribution in [0.15, 0.2) is 109 Å². The van der Waals surface area contributed by atoms with Crippen molar-refractivity contribution in [3.05, 3.63) is 142 Å². The van der Waals surface area contributed by atoms with Crippen LogP contribution in [-0.2, 0) is 0 Å². The second kappa shape index (κ2) is 9.28. The topological polar surface area (TPSA) is 37.4 Å². The Kier molecular flexibility index (Phi) is 5.77. The number of aryl methyl sites for hydroxylation is 3. The smallest absolute Gasteiger partial charge is 0.197 e. The Bertz CT molecular complexity index is 1720. The molecule has 0 bridgehead atoms. The second-order valence-corrected chi connectivity index (χ2v) is 9.97. The first-order valence-electron chi connectivity index (χ1n) is 12.8. The van der Waals surface area contributed by atoms with E-state index in [0.717, 1.165) is 27.7 Å². The lowest BCUT2D eigenvalue weighted by Crippen LogP contribution is -2.13. The highest BCUT2D eigenvalue weighted by atomic mass is 16.2. The van der Waals surface area contributed by atoms with Crippen molar-refractivity contribution in [2.75, 3.05) is 4.90 Å². The average Bonchev–Trinajstić information content (AvgIpc) is 3.16. The molecule has 0 spiro atoms. The summed E-state index contributed by atoms with van der Waals surface area (Å²) in [4.78, 5) is 28.0. The molecule has 0 atom stereocenters. The predicted molar refractivity (Wildman–Crippen MR) is 156 cm³/mol. The fraction of sp³-hybridized carbons (Fsp3) is 0.0857. The molecule has 5 aromatic carbocycles. The Balaban J connectivity index is 1.42. The van der Waals surface area contributed by atoms with Gasteiger partial charge in [-0.25, -0.2) is 0 Å². The molecular weight excluding hydrogens is 466 g/mol. The van der Waals surface area contributed by atoms with Gasteiger partial charge in [-0.05, 0) is 84.6 Å². The Labute approximate surface area is 222 Å². The quantitative estimate of drug-likeness (QED) is 0.186. The number of hydrogen-bond acceptors (Lipinski definition) is 3. The minimum absolute atomic E-state index is 0.205. The lowest BCUT2D eigenvalue weighted by molar-refractivity contribution is 0.0990. The maximum Gasteiger partial charge on any atom is 0.197 e. The van der Waals surface area contributed by atoms with Crippen molar-refractivity contribution in [2.24, 2.45) is 0 Å². The summed E-state index contributed by atoms with van der Waals surface area (Å²) in [5.74, 6) is -0.410. The van der Waals surface area contributed by atoms with E-state index in [1.807, 2.05) is 18.2 Å².